The van der Waals surface area contributed by atoms with Crippen molar-refractivity contribution in [3.63, 3.8) is 0 Å². The maximum Gasteiger partial charge on any atom is 0.0279 e. The normalized spacial score (nSPS) is 32.0. The van der Waals surface area contributed by atoms with Crippen molar-refractivity contribution < 1.29 is 0 Å². The summed E-state index contributed by atoms with van der Waals surface area (Å²) >= 11 is 0. The number of nitrogens with one attached hydrogen (secondary N) is 1. The molecule has 0 saturated carbocycles. The molecule has 1 heteroatoms. The lowest BCUT2D eigenvalue weighted by atomic mass is 9.93. The molecule has 0 radical (unpaired) electrons. The first-order valence-corrected chi connectivity index (χ1v) is 4.89. The Hall–Kier alpha value is -0.300. The van der Waals surface area contributed by atoms with E-state index in [9.17, 15) is 0 Å². The van der Waals surface area contributed by atoms with Crippen LogP contribution < -0.4 is 5.32 Å². The van der Waals surface area contributed by atoms with E-state index in [0.717, 1.165) is 6.04 Å². The predicted molar refractivity (Wildman–Crippen MR) is 47.6 cm³/mol. The van der Waals surface area contributed by atoms with Crippen LogP contribution >= 0.6 is 0 Å². The van der Waals surface area contributed by atoms with Gasteiger partial charge in [-0.1, -0.05) is 11.6 Å². The Bertz CT molecular complexity index is 154. The van der Waals surface area contributed by atoms with E-state index < -0.39 is 0 Å². The van der Waals surface area contributed by atoms with Gasteiger partial charge in [0, 0.05) is 6.04 Å². The van der Waals surface area contributed by atoms with Crippen molar-refractivity contribution in [3.8, 4) is 0 Å². The highest BCUT2D eigenvalue weighted by atomic mass is 14.9. The molecule has 0 aromatic rings. The molecule has 2 aliphatic rings. The highest BCUT2D eigenvalue weighted by molar-refractivity contribution is 5.14. The van der Waals surface area contributed by atoms with Crippen LogP contribution in [0.1, 0.15) is 38.5 Å². The van der Waals surface area contributed by atoms with Gasteiger partial charge in [-0.2, -0.15) is 0 Å². The van der Waals surface area contributed by atoms with Gasteiger partial charge in [-0.25, -0.2) is 0 Å². The number of allylic oxidation sites excluding steroid dienone is 1. The highest BCUT2D eigenvalue weighted by Gasteiger charge is 2.18. The van der Waals surface area contributed by atoms with Crippen molar-refractivity contribution in [2.75, 3.05) is 6.54 Å². The Morgan fingerprint density at radius 1 is 1.27 bits per heavy atom. The standard InChI is InChI=1S/C10H17N/c1-2-5-9(6-3-1)10-7-4-8-11-10/h5,10-11H,1-4,6-8H2. The molecule has 0 aromatic carbocycles. The van der Waals surface area contributed by atoms with Crippen LogP contribution in [0.4, 0.5) is 0 Å². The zero-order chi connectivity index (χ0) is 7.52. The van der Waals surface area contributed by atoms with E-state index in [-0.39, 0.29) is 0 Å². The molecule has 1 atom stereocenters. The smallest absolute Gasteiger partial charge is 0.0279 e. The molecule has 1 heterocycles. The molecular formula is C10H17N. The quantitative estimate of drug-likeness (QED) is 0.567. The fourth-order valence-corrected chi connectivity index (χ4v) is 2.18. The highest BCUT2D eigenvalue weighted by Crippen LogP contribution is 2.24. The van der Waals surface area contributed by atoms with E-state index in [0.29, 0.717) is 0 Å². The van der Waals surface area contributed by atoms with Gasteiger partial charge in [0.05, 0.1) is 0 Å². The summed E-state index contributed by atoms with van der Waals surface area (Å²) in [5.41, 5.74) is 1.70. The van der Waals surface area contributed by atoms with Crippen molar-refractivity contribution in [2.45, 2.75) is 44.6 Å². The third kappa shape index (κ3) is 1.64. The van der Waals surface area contributed by atoms with E-state index in [1.807, 2.05) is 0 Å². The van der Waals surface area contributed by atoms with Crippen LogP contribution in [-0.2, 0) is 0 Å². The average Bonchev–Trinajstić information content (AvgIpc) is 2.58. The van der Waals surface area contributed by atoms with Crippen molar-refractivity contribution >= 4 is 0 Å². The van der Waals surface area contributed by atoms with Crippen LogP contribution in [-0.4, -0.2) is 12.6 Å². The van der Waals surface area contributed by atoms with Gasteiger partial charge < -0.3 is 5.32 Å². The van der Waals surface area contributed by atoms with Gasteiger partial charge in [0.15, 0.2) is 0 Å². The van der Waals surface area contributed by atoms with Crippen LogP contribution in [0.3, 0.4) is 0 Å². The molecule has 0 bridgehead atoms. The minimum absolute atomic E-state index is 0.760. The molecular weight excluding hydrogens is 134 g/mol. The monoisotopic (exact) mass is 151 g/mol. The lowest BCUT2D eigenvalue weighted by molar-refractivity contribution is 0.600. The van der Waals surface area contributed by atoms with E-state index in [4.69, 9.17) is 0 Å². The fourth-order valence-electron chi connectivity index (χ4n) is 2.18. The van der Waals surface area contributed by atoms with Gasteiger partial charge in [0.1, 0.15) is 0 Å². The summed E-state index contributed by atoms with van der Waals surface area (Å²) in [5.74, 6) is 0. The number of rotatable bonds is 1. The van der Waals surface area contributed by atoms with Crippen LogP contribution in [0.25, 0.3) is 0 Å². The summed E-state index contributed by atoms with van der Waals surface area (Å²) in [5, 5.41) is 3.56. The summed E-state index contributed by atoms with van der Waals surface area (Å²) < 4.78 is 0. The molecule has 11 heavy (non-hydrogen) atoms. The third-order valence-corrected chi connectivity index (χ3v) is 2.83. The molecule has 1 nitrogen and oxygen atoms in total. The van der Waals surface area contributed by atoms with E-state index >= 15 is 0 Å². The zero-order valence-corrected chi connectivity index (χ0v) is 7.10. The summed E-state index contributed by atoms with van der Waals surface area (Å²) in [7, 11) is 0. The third-order valence-electron chi connectivity index (χ3n) is 2.83. The van der Waals surface area contributed by atoms with Crippen molar-refractivity contribution in [1.29, 1.82) is 0 Å². The molecule has 0 amide bonds. The van der Waals surface area contributed by atoms with Crippen LogP contribution in [0.15, 0.2) is 11.6 Å². The molecule has 1 aliphatic heterocycles. The molecule has 2 rings (SSSR count). The van der Waals surface area contributed by atoms with Crippen LogP contribution in [0.2, 0.25) is 0 Å². The first-order chi connectivity index (χ1) is 5.47. The Morgan fingerprint density at radius 2 is 2.27 bits per heavy atom. The van der Waals surface area contributed by atoms with Crippen LogP contribution in [0, 0.1) is 0 Å². The van der Waals surface area contributed by atoms with Crippen molar-refractivity contribution in [2.24, 2.45) is 0 Å². The lowest BCUT2D eigenvalue weighted by Crippen LogP contribution is -2.24. The number of hydrogen-bond donors (Lipinski definition) is 1. The second kappa shape index (κ2) is 3.40. The molecule has 62 valence electrons. The summed E-state index contributed by atoms with van der Waals surface area (Å²) in [4.78, 5) is 0. The van der Waals surface area contributed by atoms with Gasteiger partial charge in [-0.15, -0.1) is 0 Å². The Kier molecular flexibility index (Phi) is 2.27. The van der Waals surface area contributed by atoms with E-state index in [1.165, 1.54) is 45.1 Å². The Labute approximate surface area is 68.9 Å². The van der Waals surface area contributed by atoms with Crippen LogP contribution in [0.5, 0.6) is 0 Å². The van der Waals surface area contributed by atoms with Gasteiger partial charge in [0.25, 0.3) is 0 Å². The molecule has 0 spiro atoms. The summed E-state index contributed by atoms with van der Waals surface area (Å²) in [6, 6.07) is 0.760. The Morgan fingerprint density at radius 3 is 2.91 bits per heavy atom. The largest absolute Gasteiger partial charge is 0.310 e. The van der Waals surface area contributed by atoms with Gasteiger partial charge >= 0.3 is 0 Å². The molecule has 0 aromatic heterocycles. The molecule has 1 unspecified atom stereocenters. The molecule has 1 saturated heterocycles. The van der Waals surface area contributed by atoms with Gasteiger partial charge in [0.2, 0.25) is 0 Å². The van der Waals surface area contributed by atoms with Gasteiger partial charge in [-0.05, 0) is 45.1 Å². The SMILES string of the molecule is C1=C(C2CCCN2)CCCC1. The molecule has 1 N–H and O–H groups in total. The summed E-state index contributed by atoms with van der Waals surface area (Å²) in [6.45, 7) is 1.24. The minimum Gasteiger partial charge on any atom is -0.310 e. The topological polar surface area (TPSA) is 12.0 Å². The van der Waals surface area contributed by atoms with Gasteiger partial charge in [-0.3, -0.25) is 0 Å². The first kappa shape index (κ1) is 7.35. The number of hydrogen-bond acceptors (Lipinski definition) is 1. The minimum atomic E-state index is 0.760. The second-order valence-corrected chi connectivity index (χ2v) is 3.67. The fraction of sp³-hybridized carbons (Fsp3) is 0.800. The average molecular weight is 151 g/mol. The lowest BCUT2D eigenvalue weighted by Gasteiger charge is -2.18. The Balaban J connectivity index is 1.96. The maximum absolute atomic E-state index is 3.56. The molecule has 1 aliphatic carbocycles. The van der Waals surface area contributed by atoms with Crippen molar-refractivity contribution in [1.82, 2.24) is 5.32 Å². The van der Waals surface area contributed by atoms with E-state index in [1.54, 1.807) is 5.57 Å². The second-order valence-electron chi connectivity index (χ2n) is 3.67. The van der Waals surface area contributed by atoms with E-state index in [2.05, 4.69) is 11.4 Å². The summed E-state index contributed by atoms with van der Waals surface area (Å²) in [6.07, 6.45) is 10.7. The van der Waals surface area contributed by atoms with Crippen molar-refractivity contribution in [3.05, 3.63) is 11.6 Å². The zero-order valence-electron chi connectivity index (χ0n) is 7.10. The predicted octanol–water partition coefficient (Wildman–Crippen LogP) is 2.24. The first-order valence-electron chi connectivity index (χ1n) is 4.89. The maximum atomic E-state index is 3.56. The molecule has 1 fully saturated rings.